The standard InChI is InChI=1S/C15H14F2N2O2/c16-13-7-12(8-14(17)9-13)10-18-6-5-11-1-3-15(4-2-11)19(20)21/h1-4,7-9,18H,5-6,10H2. The summed E-state index contributed by atoms with van der Waals surface area (Å²) in [7, 11) is 0. The van der Waals surface area contributed by atoms with E-state index in [0.717, 1.165) is 11.6 Å². The van der Waals surface area contributed by atoms with Crippen LogP contribution in [0.1, 0.15) is 11.1 Å². The minimum atomic E-state index is -0.595. The van der Waals surface area contributed by atoms with Gasteiger partial charge in [-0.3, -0.25) is 10.1 Å². The molecule has 4 nitrogen and oxygen atoms in total. The van der Waals surface area contributed by atoms with E-state index in [1.807, 2.05) is 0 Å². The third kappa shape index (κ3) is 4.61. The first-order chi connectivity index (χ1) is 10.0. The molecule has 1 N–H and O–H groups in total. The average Bonchev–Trinajstić information content (AvgIpc) is 2.43. The Kier molecular flexibility index (Phi) is 4.94. The van der Waals surface area contributed by atoms with Gasteiger partial charge in [0.05, 0.1) is 4.92 Å². The summed E-state index contributed by atoms with van der Waals surface area (Å²) in [6.07, 6.45) is 0.676. The summed E-state index contributed by atoms with van der Waals surface area (Å²) < 4.78 is 26.0. The second-order valence-electron chi connectivity index (χ2n) is 4.63. The Hall–Kier alpha value is -2.34. The van der Waals surface area contributed by atoms with Crippen LogP contribution in [0.5, 0.6) is 0 Å². The molecule has 110 valence electrons. The fraction of sp³-hybridized carbons (Fsp3) is 0.200. The van der Waals surface area contributed by atoms with Gasteiger partial charge in [0.1, 0.15) is 11.6 Å². The summed E-state index contributed by atoms with van der Waals surface area (Å²) in [6, 6.07) is 9.70. The molecule has 0 aliphatic carbocycles. The highest BCUT2D eigenvalue weighted by Gasteiger charge is 2.04. The Morgan fingerprint density at radius 3 is 2.19 bits per heavy atom. The van der Waals surface area contributed by atoms with Gasteiger partial charge in [0, 0.05) is 24.7 Å². The lowest BCUT2D eigenvalue weighted by Crippen LogP contribution is -2.16. The molecule has 0 aliphatic heterocycles. The number of hydrogen-bond acceptors (Lipinski definition) is 3. The van der Waals surface area contributed by atoms with E-state index in [-0.39, 0.29) is 5.69 Å². The van der Waals surface area contributed by atoms with Crippen molar-refractivity contribution >= 4 is 5.69 Å². The average molecular weight is 292 g/mol. The highest BCUT2D eigenvalue weighted by Crippen LogP contribution is 2.12. The molecule has 0 fully saturated rings. The van der Waals surface area contributed by atoms with Gasteiger partial charge in [-0.25, -0.2) is 8.78 Å². The first-order valence-electron chi connectivity index (χ1n) is 6.43. The van der Waals surface area contributed by atoms with Crippen LogP contribution in [-0.4, -0.2) is 11.5 Å². The summed E-state index contributed by atoms with van der Waals surface area (Å²) in [5.41, 5.74) is 1.55. The molecule has 2 rings (SSSR count). The van der Waals surface area contributed by atoms with Crippen molar-refractivity contribution in [3.63, 3.8) is 0 Å². The quantitative estimate of drug-likeness (QED) is 0.505. The molecule has 0 bridgehead atoms. The largest absolute Gasteiger partial charge is 0.312 e. The van der Waals surface area contributed by atoms with E-state index in [1.54, 1.807) is 12.1 Å². The van der Waals surface area contributed by atoms with Gasteiger partial charge >= 0.3 is 0 Å². The Balaban J connectivity index is 1.80. The van der Waals surface area contributed by atoms with Gasteiger partial charge in [0.25, 0.3) is 5.69 Å². The highest BCUT2D eigenvalue weighted by molar-refractivity contribution is 5.32. The van der Waals surface area contributed by atoms with E-state index < -0.39 is 16.6 Å². The number of nitrogens with one attached hydrogen (secondary N) is 1. The molecule has 0 spiro atoms. The lowest BCUT2D eigenvalue weighted by atomic mass is 10.1. The molecule has 0 heterocycles. The molecule has 2 aromatic carbocycles. The predicted octanol–water partition coefficient (Wildman–Crippen LogP) is 3.21. The van der Waals surface area contributed by atoms with Gasteiger partial charge in [0.15, 0.2) is 0 Å². The van der Waals surface area contributed by atoms with E-state index in [1.165, 1.54) is 24.3 Å². The van der Waals surface area contributed by atoms with Gasteiger partial charge < -0.3 is 5.32 Å². The monoisotopic (exact) mass is 292 g/mol. The third-order valence-corrected chi connectivity index (χ3v) is 2.99. The van der Waals surface area contributed by atoms with E-state index in [0.29, 0.717) is 25.1 Å². The van der Waals surface area contributed by atoms with Crippen LogP contribution in [0.15, 0.2) is 42.5 Å². The number of nitrogens with zero attached hydrogens (tertiary/aromatic N) is 1. The van der Waals surface area contributed by atoms with E-state index in [2.05, 4.69) is 5.32 Å². The van der Waals surface area contributed by atoms with Crippen molar-refractivity contribution in [2.75, 3.05) is 6.54 Å². The minimum absolute atomic E-state index is 0.0574. The Bertz CT molecular complexity index is 610. The topological polar surface area (TPSA) is 55.2 Å². The maximum Gasteiger partial charge on any atom is 0.269 e. The molecule has 0 saturated heterocycles. The molecule has 6 heteroatoms. The molecule has 0 saturated carbocycles. The van der Waals surface area contributed by atoms with Gasteiger partial charge in [0.2, 0.25) is 0 Å². The SMILES string of the molecule is O=[N+]([O-])c1ccc(CCNCc2cc(F)cc(F)c2)cc1. The first-order valence-corrected chi connectivity index (χ1v) is 6.43. The molecule has 0 unspecified atom stereocenters. The summed E-state index contributed by atoms with van der Waals surface area (Å²) in [5, 5.41) is 13.6. The van der Waals surface area contributed by atoms with E-state index in [9.17, 15) is 18.9 Å². The molecule has 0 amide bonds. The van der Waals surface area contributed by atoms with Crippen molar-refractivity contribution in [1.82, 2.24) is 5.32 Å². The van der Waals surface area contributed by atoms with Crippen molar-refractivity contribution in [3.05, 3.63) is 75.3 Å². The molecule has 0 aliphatic rings. The van der Waals surface area contributed by atoms with Crippen LogP contribution in [0.4, 0.5) is 14.5 Å². The Morgan fingerprint density at radius 2 is 1.62 bits per heavy atom. The lowest BCUT2D eigenvalue weighted by Gasteiger charge is -2.06. The molecule has 2 aromatic rings. The summed E-state index contributed by atoms with van der Waals surface area (Å²) >= 11 is 0. The van der Waals surface area contributed by atoms with Crippen molar-refractivity contribution in [2.24, 2.45) is 0 Å². The summed E-state index contributed by atoms with van der Waals surface area (Å²) in [4.78, 5) is 10.1. The van der Waals surface area contributed by atoms with Crippen molar-refractivity contribution in [2.45, 2.75) is 13.0 Å². The zero-order valence-electron chi connectivity index (χ0n) is 11.2. The number of halogens is 2. The van der Waals surface area contributed by atoms with Crippen molar-refractivity contribution < 1.29 is 13.7 Å². The van der Waals surface area contributed by atoms with E-state index in [4.69, 9.17) is 0 Å². The van der Waals surface area contributed by atoms with Gasteiger partial charge in [-0.2, -0.15) is 0 Å². The van der Waals surface area contributed by atoms with Gasteiger partial charge in [-0.1, -0.05) is 12.1 Å². The van der Waals surface area contributed by atoms with Crippen molar-refractivity contribution in [1.29, 1.82) is 0 Å². The number of rotatable bonds is 6. The molecular weight excluding hydrogens is 278 g/mol. The number of nitro groups is 1. The molecule has 0 radical (unpaired) electrons. The number of benzene rings is 2. The van der Waals surface area contributed by atoms with Crippen LogP contribution in [0.2, 0.25) is 0 Å². The minimum Gasteiger partial charge on any atom is -0.312 e. The first kappa shape index (κ1) is 15.1. The fourth-order valence-electron chi connectivity index (χ4n) is 1.96. The molecule has 0 atom stereocenters. The van der Waals surface area contributed by atoms with Crippen LogP contribution >= 0.6 is 0 Å². The predicted molar refractivity (Wildman–Crippen MR) is 74.9 cm³/mol. The van der Waals surface area contributed by atoms with Crippen LogP contribution in [0.25, 0.3) is 0 Å². The van der Waals surface area contributed by atoms with Gasteiger partial charge in [-0.15, -0.1) is 0 Å². The Morgan fingerprint density at radius 1 is 1.00 bits per heavy atom. The smallest absolute Gasteiger partial charge is 0.269 e. The lowest BCUT2D eigenvalue weighted by molar-refractivity contribution is -0.384. The third-order valence-electron chi connectivity index (χ3n) is 2.99. The molecule has 0 aromatic heterocycles. The van der Waals surface area contributed by atoms with E-state index >= 15 is 0 Å². The highest BCUT2D eigenvalue weighted by atomic mass is 19.1. The van der Waals surface area contributed by atoms with Crippen LogP contribution in [-0.2, 0) is 13.0 Å². The zero-order chi connectivity index (χ0) is 15.2. The molecular formula is C15H14F2N2O2. The summed E-state index contributed by atoms with van der Waals surface area (Å²) in [5.74, 6) is -1.19. The van der Waals surface area contributed by atoms with Gasteiger partial charge in [-0.05, 0) is 36.2 Å². The number of hydrogen-bond donors (Lipinski definition) is 1. The maximum absolute atomic E-state index is 13.0. The zero-order valence-corrected chi connectivity index (χ0v) is 11.2. The second-order valence-corrected chi connectivity index (χ2v) is 4.63. The second kappa shape index (κ2) is 6.90. The number of non-ortho nitro benzene ring substituents is 1. The normalized spacial score (nSPS) is 10.6. The Labute approximate surface area is 120 Å². The molecule has 21 heavy (non-hydrogen) atoms. The number of nitro benzene ring substituents is 1. The van der Waals surface area contributed by atoms with Crippen LogP contribution < -0.4 is 5.32 Å². The summed E-state index contributed by atoms with van der Waals surface area (Å²) in [6.45, 7) is 0.970. The fourth-order valence-corrected chi connectivity index (χ4v) is 1.96. The van der Waals surface area contributed by atoms with Crippen molar-refractivity contribution in [3.8, 4) is 0 Å². The van der Waals surface area contributed by atoms with Crippen LogP contribution in [0.3, 0.4) is 0 Å². The van der Waals surface area contributed by atoms with Crippen LogP contribution in [0, 0.1) is 21.7 Å². The maximum atomic E-state index is 13.0.